The summed E-state index contributed by atoms with van der Waals surface area (Å²) >= 11 is 0. The first-order valence-electron chi connectivity index (χ1n) is 13.8. The number of carbonyl (C=O) groups excluding carboxylic acids is 1. The number of rotatable bonds is 21. The zero-order valence-corrected chi connectivity index (χ0v) is 24.7. The number of hydrogen-bond donors (Lipinski definition) is 1. The molecule has 0 aliphatic heterocycles. The summed E-state index contributed by atoms with van der Waals surface area (Å²) in [5.41, 5.74) is 1.85. The monoisotopic (exact) mass is 518 g/mol. The highest BCUT2D eigenvalue weighted by Gasteiger charge is 2.40. The van der Waals surface area contributed by atoms with Crippen molar-refractivity contribution in [3.8, 4) is 0 Å². The van der Waals surface area contributed by atoms with Crippen LogP contribution in [0.3, 0.4) is 0 Å². The molecule has 0 spiro atoms. The van der Waals surface area contributed by atoms with Crippen LogP contribution in [0, 0.1) is 23.7 Å². The van der Waals surface area contributed by atoms with Crippen molar-refractivity contribution in [2.24, 2.45) is 23.7 Å². The van der Waals surface area contributed by atoms with E-state index in [0.717, 1.165) is 24.0 Å². The molecule has 0 saturated heterocycles. The van der Waals surface area contributed by atoms with Gasteiger partial charge in [0.2, 0.25) is 0 Å². The van der Waals surface area contributed by atoms with Gasteiger partial charge in [-0.05, 0) is 32.3 Å². The Kier molecular flexibility index (Phi) is 18.4. The largest absolute Gasteiger partial charge is 0.388 e. The average Bonchev–Trinajstić information content (AvgIpc) is 2.88. The van der Waals surface area contributed by atoms with Crippen LogP contribution in [-0.4, -0.2) is 55.1 Å². The van der Waals surface area contributed by atoms with E-state index in [-0.39, 0.29) is 29.8 Å². The summed E-state index contributed by atoms with van der Waals surface area (Å²) in [4.78, 5) is 13.6. The van der Waals surface area contributed by atoms with Crippen LogP contribution in [0.1, 0.15) is 68.2 Å². The highest BCUT2D eigenvalue weighted by atomic mass is 16.5. The van der Waals surface area contributed by atoms with E-state index in [4.69, 9.17) is 14.2 Å². The smallest absolute Gasteiger partial charge is 0.144 e. The molecule has 0 aromatic heterocycles. The van der Waals surface area contributed by atoms with Gasteiger partial charge in [-0.25, -0.2) is 0 Å². The summed E-state index contributed by atoms with van der Waals surface area (Å²) in [6.07, 6.45) is 9.39. The van der Waals surface area contributed by atoms with Crippen molar-refractivity contribution in [3.63, 3.8) is 0 Å². The molecule has 0 bridgehead atoms. The van der Waals surface area contributed by atoms with Gasteiger partial charge in [-0.3, -0.25) is 4.79 Å². The van der Waals surface area contributed by atoms with E-state index >= 15 is 0 Å². The molecule has 0 heterocycles. The number of ketones is 1. The van der Waals surface area contributed by atoms with Gasteiger partial charge in [0.1, 0.15) is 5.78 Å². The van der Waals surface area contributed by atoms with E-state index in [2.05, 4.69) is 53.5 Å². The Morgan fingerprint density at radius 2 is 1.32 bits per heavy atom. The first-order valence-corrected chi connectivity index (χ1v) is 13.8. The molecule has 0 radical (unpaired) electrons. The lowest BCUT2D eigenvalue weighted by Gasteiger charge is -2.39. The molecule has 5 heteroatoms. The summed E-state index contributed by atoms with van der Waals surface area (Å²) in [6, 6.07) is 0. The van der Waals surface area contributed by atoms with Crippen LogP contribution in [0.15, 0.2) is 61.3 Å². The molecule has 5 nitrogen and oxygen atoms in total. The molecule has 0 aliphatic carbocycles. The average molecular weight is 519 g/mol. The van der Waals surface area contributed by atoms with Gasteiger partial charge >= 0.3 is 0 Å². The zero-order chi connectivity index (χ0) is 28.5. The van der Waals surface area contributed by atoms with Crippen LogP contribution >= 0.6 is 0 Å². The molecule has 0 saturated carbocycles. The van der Waals surface area contributed by atoms with E-state index < -0.39 is 24.0 Å². The predicted molar refractivity (Wildman–Crippen MR) is 156 cm³/mol. The van der Waals surface area contributed by atoms with Crippen molar-refractivity contribution in [2.45, 2.75) is 92.6 Å². The van der Waals surface area contributed by atoms with Crippen LogP contribution in [-0.2, 0) is 19.0 Å². The minimum absolute atomic E-state index is 0.0331. The second-order valence-corrected chi connectivity index (χ2v) is 10.1. The molecule has 0 unspecified atom stereocenters. The molecule has 0 rings (SSSR count). The van der Waals surface area contributed by atoms with E-state index in [9.17, 15) is 9.90 Å². The summed E-state index contributed by atoms with van der Waals surface area (Å²) in [6.45, 7) is 28.4. The van der Waals surface area contributed by atoms with E-state index in [1.54, 1.807) is 25.2 Å². The van der Waals surface area contributed by atoms with Gasteiger partial charge < -0.3 is 19.3 Å². The first-order chi connectivity index (χ1) is 17.5. The summed E-state index contributed by atoms with van der Waals surface area (Å²) in [5, 5.41) is 11.0. The maximum Gasteiger partial charge on any atom is 0.144 e. The topological polar surface area (TPSA) is 65.0 Å². The van der Waals surface area contributed by atoms with Crippen LogP contribution < -0.4 is 0 Å². The van der Waals surface area contributed by atoms with Gasteiger partial charge in [0.05, 0.1) is 44.2 Å². The predicted octanol–water partition coefficient (Wildman–Crippen LogP) is 6.89. The highest BCUT2D eigenvalue weighted by molar-refractivity contribution is 5.84. The minimum Gasteiger partial charge on any atom is -0.388 e. The molecular formula is C32H54O5. The third-order valence-electron chi connectivity index (χ3n) is 7.10. The Balaban J connectivity index is 6.04. The number of aliphatic hydroxyl groups excluding tert-OH is 1. The van der Waals surface area contributed by atoms with Gasteiger partial charge in [0.15, 0.2) is 0 Å². The lowest BCUT2D eigenvalue weighted by Crippen LogP contribution is -2.47. The molecule has 8 atom stereocenters. The Morgan fingerprint density at radius 1 is 0.811 bits per heavy atom. The number of hydrogen-bond acceptors (Lipinski definition) is 5. The van der Waals surface area contributed by atoms with Crippen molar-refractivity contribution in [1.29, 1.82) is 0 Å². The highest BCUT2D eigenvalue weighted by Crippen LogP contribution is 2.32. The summed E-state index contributed by atoms with van der Waals surface area (Å²) in [7, 11) is 0. The molecule has 0 amide bonds. The van der Waals surface area contributed by atoms with Crippen molar-refractivity contribution in [1.82, 2.24) is 0 Å². The number of ether oxygens (including phenoxy) is 3. The number of allylic oxidation sites excluding steroid dienone is 3. The van der Waals surface area contributed by atoms with Crippen LogP contribution in [0.4, 0.5) is 0 Å². The van der Waals surface area contributed by atoms with Gasteiger partial charge in [0.25, 0.3) is 0 Å². The van der Waals surface area contributed by atoms with E-state index in [1.165, 1.54) is 0 Å². The van der Waals surface area contributed by atoms with Crippen molar-refractivity contribution >= 4 is 5.78 Å². The van der Waals surface area contributed by atoms with Gasteiger partial charge in [-0.2, -0.15) is 0 Å². The first kappa shape index (κ1) is 35.2. The fraction of sp³-hybridized carbons (Fsp3) is 0.656. The van der Waals surface area contributed by atoms with Gasteiger partial charge in [-0.15, -0.1) is 19.7 Å². The Hall–Kier alpha value is -1.79. The Bertz CT molecular complexity index is 752. The van der Waals surface area contributed by atoms with Crippen molar-refractivity contribution in [2.75, 3.05) is 19.8 Å². The third kappa shape index (κ3) is 11.6. The fourth-order valence-electron chi connectivity index (χ4n) is 5.08. The lowest BCUT2D eigenvalue weighted by atomic mass is 9.77. The number of aliphatic hydroxyl groups is 1. The summed E-state index contributed by atoms with van der Waals surface area (Å²) in [5.74, 6) is -1.17. The van der Waals surface area contributed by atoms with Crippen molar-refractivity contribution < 1.29 is 24.1 Å². The standard InChI is InChI=1S/C32H54O5/c1-12-17-22(6)21-23(7)29(33)25(9)30(34)26(10)32(37-20-15-4)27(11)31(36-19-14-3)24(8)28(16-5)35-18-13-2/h13-15,17,21,24-29,31-33H,2-4,12,16,18-20H2,1,5-11H3/b22-17+,23-21+/t24-,25+,26+,27-,28+,29+,31-,32-/m0/s1. The third-order valence-corrected chi connectivity index (χ3v) is 7.10. The molecular weight excluding hydrogens is 464 g/mol. The quantitative estimate of drug-likeness (QED) is 0.132. The normalized spacial score (nSPS) is 19.2. The van der Waals surface area contributed by atoms with Gasteiger partial charge in [-0.1, -0.05) is 77.5 Å². The zero-order valence-electron chi connectivity index (χ0n) is 24.7. The molecule has 0 aromatic carbocycles. The fourth-order valence-corrected chi connectivity index (χ4v) is 5.08. The molecule has 37 heavy (non-hydrogen) atoms. The molecule has 0 aromatic rings. The second-order valence-electron chi connectivity index (χ2n) is 10.1. The van der Waals surface area contributed by atoms with Gasteiger partial charge in [0, 0.05) is 23.7 Å². The SMILES string of the molecule is C=CCO[C@@H]([C@@H](C)[C@@H](CC)OCC=C)[C@H](C)[C@@H](OCC=C)[C@H](C)C(=O)[C@H](C)[C@H](O)/C(C)=C/C(C)=C/CC. The lowest BCUT2D eigenvalue weighted by molar-refractivity contribution is -0.142. The minimum atomic E-state index is -0.867. The molecule has 1 N–H and O–H groups in total. The van der Waals surface area contributed by atoms with E-state index in [1.807, 2.05) is 26.8 Å². The second kappa shape index (κ2) is 19.3. The molecule has 0 fully saturated rings. The van der Waals surface area contributed by atoms with Crippen LogP contribution in [0.2, 0.25) is 0 Å². The van der Waals surface area contributed by atoms with Crippen LogP contribution in [0.25, 0.3) is 0 Å². The van der Waals surface area contributed by atoms with E-state index in [0.29, 0.717) is 19.8 Å². The Labute approximate surface area is 227 Å². The van der Waals surface area contributed by atoms with Crippen molar-refractivity contribution in [3.05, 3.63) is 61.3 Å². The molecule has 212 valence electrons. The maximum absolute atomic E-state index is 13.6. The molecule has 0 aliphatic rings. The number of carbonyl (C=O) groups is 1. The van der Waals surface area contributed by atoms with Crippen LogP contribution in [0.5, 0.6) is 0 Å². The number of Topliss-reactive ketones (excluding diaryl/α,β-unsaturated/α-hetero) is 1. The maximum atomic E-state index is 13.6. The Morgan fingerprint density at radius 3 is 1.81 bits per heavy atom. The summed E-state index contributed by atoms with van der Waals surface area (Å²) < 4.78 is 18.5.